The summed E-state index contributed by atoms with van der Waals surface area (Å²) in [5.74, 6) is -3.91. The first-order valence-corrected chi connectivity index (χ1v) is 21.2. The van der Waals surface area contributed by atoms with Crippen molar-refractivity contribution in [1.29, 1.82) is 0 Å². The Morgan fingerprint density at radius 2 is 1.31 bits per heavy atom. The van der Waals surface area contributed by atoms with Gasteiger partial charge >= 0.3 is 0 Å². The number of carbonyl (C=O) groups excluding carboxylic acids is 6. The largest absolute Gasteiger partial charge is 0.368 e. The first kappa shape index (κ1) is 46.1. The molecule has 20 heteroatoms. The highest BCUT2D eigenvalue weighted by molar-refractivity contribution is 8.04. The minimum atomic E-state index is -1.11. The van der Waals surface area contributed by atoms with Crippen LogP contribution in [0.15, 0.2) is 77.3 Å². The number of nitrogens with two attached hydrogens (primary N) is 1. The molecule has 0 fully saturated rings. The van der Waals surface area contributed by atoms with Crippen molar-refractivity contribution in [2.45, 2.75) is 79.2 Å². The average Bonchev–Trinajstić information content (AvgIpc) is 3.25. The summed E-state index contributed by atoms with van der Waals surface area (Å²) in [6, 6.07) is 14.4. The van der Waals surface area contributed by atoms with Crippen LogP contribution in [0.1, 0.15) is 62.9 Å². The number of carbonyl (C=O) groups is 6. The van der Waals surface area contributed by atoms with Gasteiger partial charge in [0.15, 0.2) is 10.3 Å². The molecule has 0 spiro atoms. The number of hydrogen-bond acceptors (Lipinski definition) is 14. The summed E-state index contributed by atoms with van der Waals surface area (Å²) in [5, 5.41) is 13.6. The number of fused-ring (bicyclic) bond motifs is 8. The lowest BCUT2D eigenvalue weighted by Gasteiger charge is -2.44. The van der Waals surface area contributed by atoms with Crippen molar-refractivity contribution in [2.75, 3.05) is 33.0 Å². The molecule has 18 nitrogen and oxygen atoms in total. The third kappa shape index (κ3) is 13.0. The molecule has 2 unspecified atom stereocenters. The first-order chi connectivity index (χ1) is 29.2. The van der Waals surface area contributed by atoms with Gasteiger partial charge in [0.05, 0.1) is 42.4 Å². The van der Waals surface area contributed by atoms with Gasteiger partial charge in [-0.1, -0.05) is 74.1 Å². The lowest BCUT2D eigenvalue weighted by Crippen LogP contribution is -2.52. The molecule has 5 rings (SSSR count). The lowest BCUT2D eigenvalue weighted by atomic mass is 9.87. The Balaban J connectivity index is 1.25. The summed E-state index contributed by atoms with van der Waals surface area (Å²) in [6.45, 7) is 6.64. The van der Waals surface area contributed by atoms with E-state index in [1.807, 2.05) is 0 Å². The quantitative estimate of drug-likeness (QED) is 0.0476. The average molecular weight is 872 g/mol. The molecule has 0 saturated carbocycles. The fourth-order valence-electron chi connectivity index (χ4n) is 6.29. The molecule has 1 aromatic carbocycles. The van der Waals surface area contributed by atoms with Crippen molar-refractivity contribution in [3.63, 3.8) is 0 Å². The topological polar surface area (TPSA) is 262 Å². The number of ether oxygens (including phenoxy) is 1. The van der Waals surface area contributed by atoms with E-state index in [0.29, 0.717) is 33.1 Å². The smallest absolute Gasteiger partial charge is 0.251 e. The highest BCUT2D eigenvalue weighted by atomic mass is 32.2. The number of nitrogens with one attached hydrogen (secondary N) is 5. The van der Waals surface area contributed by atoms with Crippen LogP contribution in [0, 0.1) is 0 Å². The van der Waals surface area contributed by atoms with Gasteiger partial charge in [-0.25, -0.2) is 24.9 Å². The number of thioether (sulfide) groups is 2. The van der Waals surface area contributed by atoms with Crippen LogP contribution in [0.2, 0.25) is 0 Å². The molecule has 0 radical (unpaired) electrons. The molecule has 322 valence electrons. The van der Waals surface area contributed by atoms with Gasteiger partial charge in [-0.15, -0.1) is 0 Å². The SMILES string of the molecule is CCCC1(C)Sc2nccc(n2)-c2cc(C(=O)NCC(=O)NCC(=O)N[C@@H](Cc3ccccc3)C(=O)NCC(=O)NCOCC(N)=O)cc(n2)-c2ccnc(n2)SC1(C)CC. The van der Waals surface area contributed by atoms with Gasteiger partial charge in [0, 0.05) is 33.9 Å². The minimum Gasteiger partial charge on any atom is -0.368 e. The molecule has 0 saturated heterocycles. The van der Waals surface area contributed by atoms with Crippen molar-refractivity contribution in [1.82, 2.24) is 51.5 Å². The molecule has 6 amide bonds. The number of aromatic nitrogens is 5. The van der Waals surface area contributed by atoms with Crippen molar-refractivity contribution >= 4 is 59.0 Å². The summed E-state index contributed by atoms with van der Waals surface area (Å²) in [6.07, 6.45) is 6.10. The number of hydrogen-bond donors (Lipinski definition) is 6. The van der Waals surface area contributed by atoms with Crippen molar-refractivity contribution in [2.24, 2.45) is 5.73 Å². The molecule has 0 aliphatic carbocycles. The van der Waals surface area contributed by atoms with E-state index in [-0.39, 0.29) is 34.8 Å². The van der Waals surface area contributed by atoms with Crippen molar-refractivity contribution < 1.29 is 33.5 Å². The Bertz CT molecular complexity index is 2240. The van der Waals surface area contributed by atoms with Crippen LogP contribution in [0.3, 0.4) is 0 Å². The van der Waals surface area contributed by atoms with Gasteiger partial charge in [0.2, 0.25) is 29.5 Å². The molecule has 3 atom stereocenters. The van der Waals surface area contributed by atoms with E-state index in [1.165, 1.54) is 0 Å². The number of amides is 6. The summed E-state index contributed by atoms with van der Waals surface area (Å²) >= 11 is 3.19. The van der Waals surface area contributed by atoms with Crippen LogP contribution in [0.4, 0.5) is 0 Å². The Labute approximate surface area is 361 Å². The van der Waals surface area contributed by atoms with Crippen molar-refractivity contribution in [3.05, 3.63) is 78.1 Å². The van der Waals surface area contributed by atoms with E-state index in [9.17, 15) is 28.8 Å². The third-order valence-corrected chi connectivity index (χ3v) is 13.0. The molecule has 1 aliphatic heterocycles. The molecule has 6 bridgehead atoms. The molecule has 4 aromatic rings. The van der Waals surface area contributed by atoms with Gasteiger partial charge in [-0.2, -0.15) is 0 Å². The van der Waals surface area contributed by atoms with Crippen LogP contribution >= 0.6 is 23.5 Å². The number of pyridine rings is 1. The zero-order valence-corrected chi connectivity index (χ0v) is 35.9. The first-order valence-electron chi connectivity index (χ1n) is 19.6. The second-order valence-electron chi connectivity index (χ2n) is 14.4. The maximum absolute atomic E-state index is 13.6. The lowest BCUT2D eigenvalue weighted by molar-refractivity contribution is -0.131. The van der Waals surface area contributed by atoms with E-state index in [4.69, 9.17) is 25.4 Å². The summed E-state index contributed by atoms with van der Waals surface area (Å²) in [7, 11) is 0. The fraction of sp³-hybridized carbons (Fsp3) is 0.390. The predicted molar refractivity (Wildman–Crippen MR) is 229 cm³/mol. The summed E-state index contributed by atoms with van der Waals surface area (Å²) in [4.78, 5) is 99.3. The van der Waals surface area contributed by atoms with Gasteiger partial charge in [-0.05, 0) is 56.5 Å². The van der Waals surface area contributed by atoms with E-state index in [2.05, 4.69) is 64.2 Å². The standard InChI is InChI=1S/C41H49N11O7S2/c1-5-14-41(4)40(3,6-2)60-38-43-15-12-27(51-38)29-18-26(19-30(49-29)28-13-16-44-39(52-28)61-41)36(57)46-20-33(54)45-22-35(56)50-31(17-25-10-8-7-9-11-25)37(58)47-21-34(55)48-24-59-23-32(42)53/h7-13,15-16,18-19,31H,5-6,14,17,20-24H2,1-4H3,(H2,42,53)(H,45,54)(H,46,57)(H,47,58)(H,48,55)(H,50,56)/t31-,40?,41?/m0/s1. The normalized spacial score (nSPS) is 17.2. The van der Waals surface area contributed by atoms with Gasteiger partial charge in [0.25, 0.3) is 5.91 Å². The molecule has 61 heavy (non-hydrogen) atoms. The molecule has 3 aromatic heterocycles. The minimum absolute atomic E-state index is 0.0857. The number of primary amides is 1. The van der Waals surface area contributed by atoms with E-state index in [1.54, 1.807) is 90.5 Å². The Hall–Kier alpha value is -5.99. The monoisotopic (exact) mass is 871 g/mol. The molecule has 7 N–H and O–H groups in total. The van der Waals surface area contributed by atoms with E-state index < -0.39 is 61.1 Å². The van der Waals surface area contributed by atoms with Gasteiger partial charge < -0.3 is 37.1 Å². The summed E-state index contributed by atoms with van der Waals surface area (Å²) in [5.41, 5.74) is 7.72. The van der Waals surface area contributed by atoms with E-state index in [0.717, 1.165) is 24.8 Å². The maximum Gasteiger partial charge on any atom is 0.251 e. The van der Waals surface area contributed by atoms with Crippen LogP contribution in [0.5, 0.6) is 0 Å². The fourth-order valence-corrected chi connectivity index (χ4v) is 8.99. The zero-order valence-electron chi connectivity index (χ0n) is 34.3. The number of nitrogens with zero attached hydrogens (tertiary/aromatic N) is 5. The van der Waals surface area contributed by atoms with Gasteiger partial charge in [-0.3, -0.25) is 28.8 Å². The summed E-state index contributed by atoms with van der Waals surface area (Å²) < 4.78 is 4.28. The zero-order chi connectivity index (χ0) is 44.0. The van der Waals surface area contributed by atoms with Crippen LogP contribution in [-0.4, -0.2) is 109 Å². The van der Waals surface area contributed by atoms with Gasteiger partial charge in [0.1, 0.15) is 19.4 Å². The number of rotatable bonds is 18. The second kappa shape index (κ2) is 21.5. The Kier molecular flexibility index (Phi) is 16.2. The second-order valence-corrected chi connectivity index (χ2v) is 17.3. The Morgan fingerprint density at radius 1 is 0.721 bits per heavy atom. The molecule has 1 aliphatic rings. The van der Waals surface area contributed by atoms with E-state index >= 15 is 0 Å². The molecule has 4 heterocycles. The highest BCUT2D eigenvalue weighted by Gasteiger charge is 2.46. The molecular formula is C41H49N11O7S2. The maximum atomic E-state index is 13.6. The predicted octanol–water partition coefficient (Wildman–Crippen LogP) is 2.19. The van der Waals surface area contributed by atoms with Crippen LogP contribution in [-0.2, 0) is 35.1 Å². The van der Waals surface area contributed by atoms with Crippen LogP contribution < -0.4 is 32.3 Å². The highest BCUT2D eigenvalue weighted by Crippen LogP contribution is 2.53. The third-order valence-electron chi connectivity index (χ3n) is 9.86. The van der Waals surface area contributed by atoms with Crippen LogP contribution in [0.25, 0.3) is 22.8 Å². The van der Waals surface area contributed by atoms with Crippen molar-refractivity contribution in [3.8, 4) is 22.8 Å². The Morgan fingerprint density at radius 3 is 1.92 bits per heavy atom. The number of benzene rings is 1. The molecular weight excluding hydrogens is 823 g/mol.